The number of piperidine rings is 1. The van der Waals surface area contributed by atoms with Crippen LogP contribution in [0.2, 0.25) is 5.02 Å². The Balaban J connectivity index is 1.60. The maximum Gasteiger partial charge on any atom is 0.226 e. The van der Waals surface area contributed by atoms with Crippen LogP contribution in [0.1, 0.15) is 26.7 Å². The molecule has 0 atom stereocenters. The average Bonchev–Trinajstić information content (AvgIpc) is 2.55. The summed E-state index contributed by atoms with van der Waals surface area (Å²) in [4.78, 5) is 21.5. The molecule has 3 heterocycles. The summed E-state index contributed by atoms with van der Waals surface area (Å²) in [5.41, 5.74) is -0.204. The molecule has 0 bridgehead atoms. The lowest BCUT2D eigenvalue weighted by molar-refractivity contribution is -0.151. The van der Waals surface area contributed by atoms with Gasteiger partial charge in [-0.25, -0.2) is 4.98 Å². The first-order chi connectivity index (χ1) is 11.0. The monoisotopic (exact) mass is 337 g/mol. The molecule has 1 aromatic heterocycles. The molecule has 23 heavy (non-hydrogen) atoms. The fraction of sp³-hybridized carbons (Fsp3) is 0.647. The van der Waals surface area contributed by atoms with Gasteiger partial charge in [0.1, 0.15) is 5.82 Å². The zero-order valence-corrected chi connectivity index (χ0v) is 14.6. The van der Waals surface area contributed by atoms with Crippen LogP contribution in [0.25, 0.3) is 0 Å². The smallest absolute Gasteiger partial charge is 0.226 e. The van der Waals surface area contributed by atoms with Gasteiger partial charge in [-0.1, -0.05) is 11.6 Å². The van der Waals surface area contributed by atoms with Gasteiger partial charge in [0.25, 0.3) is 0 Å². The van der Waals surface area contributed by atoms with Gasteiger partial charge in [0.05, 0.1) is 23.8 Å². The Bertz CT molecular complexity index is 553. The number of carbonyl (C=O) groups is 1. The maximum atomic E-state index is 12.9. The van der Waals surface area contributed by atoms with E-state index in [0.29, 0.717) is 24.8 Å². The van der Waals surface area contributed by atoms with Crippen LogP contribution < -0.4 is 4.90 Å². The second-order valence-electron chi connectivity index (χ2n) is 6.95. The van der Waals surface area contributed by atoms with Gasteiger partial charge in [0, 0.05) is 31.7 Å². The third-order valence-electron chi connectivity index (χ3n) is 4.79. The van der Waals surface area contributed by atoms with Crippen LogP contribution in [0.4, 0.5) is 5.82 Å². The highest BCUT2D eigenvalue weighted by molar-refractivity contribution is 6.30. The highest BCUT2D eigenvalue weighted by atomic mass is 35.5. The summed E-state index contributed by atoms with van der Waals surface area (Å²) in [6.07, 6.45) is 3.41. The van der Waals surface area contributed by atoms with Gasteiger partial charge in [0.2, 0.25) is 5.91 Å². The van der Waals surface area contributed by atoms with Gasteiger partial charge in [-0.15, -0.1) is 0 Å². The second kappa shape index (κ2) is 6.65. The number of pyridine rings is 1. The number of carbonyl (C=O) groups excluding carboxylic acids is 1. The normalized spacial score (nSPS) is 22.2. The molecule has 0 unspecified atom stereocenters. The van der Waals surface area contributed by atoms with Crippen molar-refractivity contribution in [1.82, 2.24) is 9.88 Å². The van der Waals surface area contributed by atoms with E-state index in [1.807, 2.05) is 17.0 Å². The van der Waals surface area contributed by atoms with Crippen LogP contribution in [0.3, 0.4) is 0 Å². The van der Waals surface area contributed by atoms with Gasteiger partial charge in [-0.2, -0.15) is 0 Å². The Morgan fingerprint density at radius 3 is 2.65 bits per heavy atom. The minimum Gasteiger partial charge on any atom is -0.377 e. The first kappa shape index (κ1) is 16.5. The molecular weight excluding hydrogens is 314 g/mol. The van der Waals surface area contributed by atoms with Crippen molar-refractivity contribution in [3.8, 4) is 0 Å². The molecule has 1 aromatic rings. The van der Waals surface area contributed by atoms with Gasteiger partial charge in [-0.3, -0.25) is 4.79 Å². The third kappa shape index (κ3) is 3.61. The summed E-state index contributed by atoms with van der Waals surface area (Å²) in [7, 11) is 0. The Morgan fingerprint density at radius 1 is 1.30 bits per heavy atom. The SMILES string of the molecule is CC1(C)COCCN1C(=O)C1CCN(c2ccc(Cl)cn2)CC1. The number of anilines is 1. The molecule has 2 aliphatic heterocycles. The van der Waals surface area contributed by atoms with Crippen molar-refractivity contribution >= 4 is 23.3 Å². The number of amides is 1. The molecule has 2 aliphatic rings. The van der Waals surface area contributed by atoms with E-state index < -0.39 is 0 Å². The summed E-state index contributed by atoms with van der Waals surface area (Å²) >= 11 is 5.89. The number of morpholine rings is 1. The predicted molar refractivity (Wildman–Crippen MR) is 90.8 cm³/mol. The molecule has 0 aliphatic carbocycles. The van der Waals surface area contributed by atoms with Crippen LogP contribution in [0.5, 0.6) is 0 Å². The molecule has 0 radical (unpaired) electrons. The number of rotatable bonds is 2. The van der Waals surface area contributed by atoms with Crippen molar-refractivity contribution in [2.45, 2.75) is 32.2 Å². The number of nitrogens with zero attached hydrogens (tertiary/aromatic N) is 3. The Hall–Kier alpha value is -1.33. The van der Waals surface area contributed by atoms with Crippen molar-refractivity contribution in [3.63, 3.8) is 0 Å². The van der Waals surface area contributed by atoms with Crippen molar-refractivity contribution in [2.75, 3.05) is 37.7 Å². The molecule has 2 fully saturated rings. The van der Waals surface area contributed by atoms with Gasteiger partial charge >= 0.3 is 0 Å². The van der Waals surface area contributed by atoms with E-state index in [2.05, 4.69) is 23.7 Å². The summed E-state index contributed by atoms with van der Waals surface area (Å²) in [5.74, 6) is 1.32. The first-order valence-electron chi connectivity index (χ1n) is 8.23. The standard InChI is InChI=1S/C17H24ClN3O2/c1-17(2)12-23-10-9-21(17)16(22)13-5-7-20(8-6-13)15-4-3-14(18)11-19-15/h3-4,11,13H,5-10,12H2,1-2H3. The Morgan fingerprint density at radius 2 is 2.04 bits per heavy atom. The number of hydrogen-bond donors (Lipinski definition) is 0. The molecule has 0 spiro atoms. The number of hydrogen-bond acceptors (Lipinski definition) is 4. The molecule has 0 aromatic carbocycles. The summed E-state index contributed by atoms with van der Waals surface area (Å²) in [6, 6.07) is 3.80. The summed E-state index contributed by atoms with van der Waals surface area (Å²) in [5, 5.41) is 0.647. The van der Waals surface area contributed by atoms with Crippen LogP contribution in [0, 0.1) is 5.92 Å². The van der Waals surface area contributed by atoms with E-state index in [9.17, 15) is 4.79 Å². The largest absolute Gasteiger partial charge is 0.377 e. The van der Waals surface area contributed by atoms with Crippen LogP contribution in [-0.4, -0.2) is 54.2 Å². The van der Waals surface area contributed by atoms with E-state index in [4.69, 9.17) is 16.3 Å². The van der Waals surface area contributed by atoms with Crippen molar-refractivity contribution < 1.29 is 9.53 Å². The number of aromatic nitrogens is 1. The molecular formula is C17H24ClN3O2. The molecule has 126 valence electrons. The molecule has 0 saturated carbocycles. The lowest BCUT2D eigenvalue weighted by Crippen LogP contribution is -2.57. The fourth-order valence-electron chi connectivity index (χ4n) is 3.40. The quantitative estimate of drug-likeness (QED) is 0.832. The minimum atomic E-state index is -0.204. The zero-order valence-electron chi connectivity index (χ0n) is 13.8. The highest BCUT2D eigenvalue weighted by Gasteiger charge is 2.38. The van der Waals surface area contributed by atoms with Crippen molar-refractivity contribution in [2.24, 2.45) is 5.92 Å². The molecule has 1 amide bonds. The average molecular weight is 338 g/mol. The van der Waals surface area contributed by atoms with E-state index in [1.165, 1.54) is 0 Å². The van der Waals surface area contributed by atoms with E-state index in [1.54, 1.807) is 6.20 Å². The lowest BCUT2D eigenvalue weighted by Gasteiger charge is -2.44. The first-order valence-corrected chi connectivity index (χ1v) is 8.61. The van der Waals surface area contributed by atoms with Gasteiger partial charge in [0.15, 0.2) is 0 Å². The fourth-order valence-corrected chi connectivity index (χ4v) is 3.51. The lowest BCUT2D eigenvalue weighted by atomic mass is 9.92. The van der Waals surface area contributed by atoms with Crippen LogP contribution >= 0.6 is 11.6 Å². The summed E-state index contributed by atoms with van der Waals surface area (Å²) in [6.45, 7) is 7.83. The van der Waals surface area contributed by atoms with Crippen LogP contribution in [0.15, 0.2) is 18.3 Å². The molecule has 0 N–H and O–H groups in total. The number of ether oxygens (including phenoxy) is 1. The Labute approximate surface area is 142 Å². The van der Waals surface area contributed by atoms with Crippen molar-refractivity contribution in [3.05, 3.63) is 23.4 Å². The minimum absolute atomic E-state index is 0.107. The Kier molecular flexibility index (Phi) is 4.78. The van der Waals surface area contributed by atoms with E-state index in [-0.39, 0.29) is 17.4 Å². The predicted octanol–water partition coefficient (Wildman–Crippen LogP) is 2.59. The van der Waals surface area contributed by atoms with E-state index >= 15 is 0 Å². The molecule has 3 rings (SSSR count). The molecule has 5 nitrogen and oxygen atoms in total. The summed E-state index contributed by atoms with van der Waals surface area (Å²) < 4.78 is 5.52. The maximum absolute atomic E-state index is 12.9. The molecule has 6 heteroatoms. The number of halogens is 1. The topological polar surface area (TPSA) is 45.7 Å². The van der Waals surface area contributed by atoms with Gasteiger partial charge < -0.3 is 14.5 Å². The van der Waals surface area contributed by atoms with Gasteiger partial charge in [-0.05, 0) is 38.8 Å². The van der Waals surface area contributed by atoms with Crippen molar-refractivity contribution in [1.29, 1.82) is 0 Å². The third-order valence-corrected chi connectivity index (χ3v) is 5.01. The van der Waals surface area contributed by atoms with E-state index in [0.717, 1.165) is 31.7 Å². The van der Waals surface area contributed by atoms with Crippen LogP contribution in [-0.2, 0) is 9.53 Å². The second-order valence-corrected chi connectivity index (χ2v) is 7.39. The highest BCUT2D eigenvalue weighted by Crippen LogP contribution is 2.28. The zero-order chi connectivity index (χ0) is 16.4. The molecule has 2 saturated heterocycles.